The first-order valence-corrected chi connectivity index (χ1v) is 5.66. The van der Waals surface area contributed by atoms with Crippen LogP contribution in [0.3, 0.4) is 0 Å². The third kappa shape index (κ3) is 1.63. The molecule has 2 aliphatic rings. The maximum atomic E-state index is 13.2. The van der Waals surface area contributed by atoms with Crippen LogP contribution in [0, 0.1) is 17.6 Å². The molecule has 3 rings (SSSR count). The van der Waals surface area contributed by atoms with Crippen LogP contribution < -0.4 is 0 Å². The van der Waals surface area contributed by atoms with Crippen molar-refractivity contribution in [2.75, 3.05) is 0 Å². The Bertz CT molecular complexity index is 606. The zero-order valence-electron chi connectivity index (χ0n) is 9.64. The molecule has 4 nitrogen and oxygen atoms in total. The fourth-order valence-corrected chi connectivity index (χ4v) is 2.48. The Balaban J connectivity index is 2.02. The first-order chi connectivity index (χ1) is 9.03. The van der Waals surface area contributed by atoms with Crippen molar-refractivity contribution in [2.45, 2.75) is 12.0 Å². The van der Waals surface area contributed by atoms with Gasteiger partial charge in [-0.15, -0.1) is 0 Å². The lowest BCUT2D eigenvalue weighted by atomic mass is 9.84. The van der Waals surface area contributed by atoms with Gasteiger partial charge in [-0.3, -0.25) is 0 Å². The summed E-state index contributed by atoms with van der Waals surface area (Å²) in [5.41, 5.74) is -1.09. The van der Waals surface area contributed by atoms with Crippen LogP contribution in [0.5, 0.6) is 0 Å². The minimum absolute atomic E-state index is 0.203. The summed E-state index contributed by atoms with van der Waals surface area (Å²) in [6, 6.07) is 2.97. The van der Waals surface area contributed by atoms with Gasteiger partial charge in [0.2, 0.25) is 0 Å². The molecule has 0 spiro atoms. The molecule has 1 heterocycles. The molecule has 0 fully saturated rings. The van der Waals surface area contributed by atoms with Crippen molar-refractivity contribution in [3.8, 4) is 0 Å². The molecule has 0 saturated carbocycles. The summed E-state index contributed by atoms with van der Waals surface area (Å²) in [4.78, 5) is 16.3. The van der Waals surface area contributed by atoms with Gasteiger partial charge < -0.3 is 9.94 Å². The van der Waals surface area contributed by atoms with Crippen LogP contribution in [0.25, 0.3) is 0 Å². The van der Waals surface area contributed by atoms with E-state index < -0.39 is 29.1 Å². The molecule has 0 radical (unpaired) electrons. The van der Waals surface area contributed by atoms with Crippen LogP contribution in [-0.4, -0.2) is 22.4 Å². The van der Waals surface area contributed by atoms with Crippen LogP contribution in [0.1, 0.15) is 12.0 Å². The number of fused-ring (bicyclic) bond motifs is 1. The van der Waals surface area contributed by atoms with Crippen molar-refractivity contribution in [3.05, 3.63) is 47.5 Å². The quantitative estimate of drug-likeness (QED) is 0.833. The van der Waals surface area contributed by atoms with E-state index >= 15 is 0 Å². The second-order valence-corrected chi connectivity index (χ2v) is 4.51. The molecule has 1 aromatic rings. The number of hydrogen-bond acceptors (Lipinski definition) is 3. The summed E-state index contributed by atoms with van der Waals surface area (Å²) in [5.74, 6) is -3.21. The molecule has 0 amide bonds. The minimum atomic E-state index is -1.54. The topological polar surface area (TPSA) is 58.9 Å². The molecule has 1 aromatic carbocycles. The summed E-state index contributed by atoms with van der Waals surface area (Å²) in [5, 5.41) is 13.0. The average Bonchev–Trinajstić information content (AvgIpc) is 2.85. The number of hydrogen-bond donors (Lipinski definition) is 1. The van der Waals surface area contributed by atoms with E-state index in [4.69, 9.17) is 4.84 Å². The zero-order chi connectivity index (χ0) is 13.6. The highest BCUT2D eigenvalue weighted by molar-refractivity contribution is 6.07. The Kier molecular flexibility index (Phi) is 2.41. The molecule has 98 valence electrons. The van der Waals surface area contributed by atoms with Gasteiger partial charge in [-0.05, 0) is 24.6 Å². The van der Waals surface area contributed by atoms with Gasteiger partial charge in [-0.2, -0.15) is 0 Å². The first-order valence-electron chi connectivity index (χ1n) is 5.66. The predicted octanol–water partition coefficient (Wildman–Crippen LogP) is 2.10. The van der Waals surface area contributed by atoms with E-state index in [1.807, 2.05) is 0 Å². The first kappa shape index (κ1) is 11.8. The van der Waals surface area contributed by atoms with E-state index in [-0.39, 0.29) is 11.3 Å². The number of rotatable bonds is 2. The van der Waals surface area contributed by atoms with Crippen LogP contribution >= 0.6 is 0 Å². The van der Waals surface area contributed by atoms with Crippen molar-refractivity contribution in [1.82, 2.24) is 0 Å². The van der Waals surface area contributed by atoms with E-state index in [0.29, 0.717) is 6.42 Å². The average molecular weight is 265 g/mol. The number of carboxylic acids is 1. The second kappa shape index (κ2) is 3.88. The molecule has 0 aromatic heterocycles. The highest BCUT2D eigenvalue weighted by Gasteiger charge is 2.55. The maximum Gasteiger partial charge on any atom is 0.355 e. The highest BCUT2D eigenvalue weighted by atomic mass is 19.1. The van der Waals surface area contributed by atoms with Crippen LogP contribution in [0.4, 0.5) is 8.78 Å². The van der Waals surface area contributed by atoms with Gasteiger partial charge in [-0.25, -0.2) is 13.6 Å². The SMILES string of the molecule is O=C(O)C12C=CCC1C(c1cc(F)cc(F)c1)=NO2. The number of oxime groups is 1. The molecule has 0 bridgehead atoms. The van der Waals surface area contributed by atoms with Gasteiger partial charge in [-0.1, -0.05) is 11.2 Å². The molecule has 6 heteroatoms. The van der Waals surface area contributed by atoms with Crippen molar-refractivity contribution in [3.63, 3.8) is 0 Å². The van der Waals surface area contributed by atoms with Gasteiger partial charge >= 0.3 is 5.97 Å². The van der Waals surface area contributed by atoms with Gasteiger partial charge in [0.15, 0.2) is 0 Å². The molecule has 1 N–H and O–H groups in total. The normalized spacial score (nSPS) is 27.9. The predicted molar refractivity (Wildman–Crippen MR) is 61.6 cm³/mol. The molecule has 1 aliphatic heterocycles. The van der Waals surface area contributed by atoms with Crippen molar-refractivity contribution < 1.29 is 23.5 Å². The number of aliphatic carboxylic acids is 1. The van der Waals surface area contributed by atoms with Crippen LogP contribution in [0.2, 0.25) is 0 Å². The third-order valence-electron chi connectivity index (χ3n) is 3.37. The molecule has 0 saturated heterocycles. The fourth-order valence-electron chi connectivity index (χ4n) is 2.48. The molecule has 1 aliphatic carbocycles. The summed E-state index contributed by atoms with van der Waals surface area (Å²) in [6.07, 6.45) is 3.50. The Morgan fingerprint density at radius 1 is 1.37 bits per heavy atom. The summed E-state index contributed by atoms with van der Waals surface area (Å²) >= 11 is 0. The Morgan fingerprint density at radius 3 is 2.68 bits per heavy atom. The largest absolute Gasteiger partial charge is 0.478 e. The minimum Gasteiger partial charge on any atom is -0.478 e. The second-order valence-electron chi connectivity index (χ2n) is 4.51. The molecular weight excluding hydrogens is 256 g/mol. The van der Waals surface area contributed by atoms with Gasteiger partial charge in [0.25, 0.3) is 5.60 Å². The van der Waals surface area contributed by atoms with Gasteiger partial charge in [0.1, 0.15) is 11.6 Å². The number of allylic oxidation sites excluding steroid dienone is 1. The van der Waals surface area contributed by atoms with Crippen molar-refractivity contribution in [2.24, 2.45) is 11.1 Å². The molecule has 2 atom stereocenters. The highest BCUT2D eigenvalue weighted by Crippen LogP contribution is 2.41. The number of nitrogens with zero attached hydrogens (tertiary/aromatic N) is 1. The van der Waals surface area contributed by atoms with E-state index in [1.54, 1.807) is 6.08 Å². The lowest BCUT2D eigenvalue weighted by molar-refractivity contribution is -0.159. The monoisotopic (exact) mass is 265 g/mol. The summed E-state index contributed by atoms with van der Waals surface area (Å²) in [7, 11) is 0. The van der Waals surface area contributed by atoms with E-state index in [2.05, 4.69) is 5.16 Å². The van der Waals surface area contributed by atoms with Crippen LogP contribution in [-0.2, 0) is 9.63 Å². The van der Waals surface area contributed by atoms with Gasteiger partial charge in [0, 0.05) is 11.6 Å². The molecule has 19 heavy (non-hydrogen) atoms. The fraction of sp³-hybridized carbons (Fsp3) is 0.231. The Hall–Kier alpha value is -2.24. The third-order valence-corrected chi connectivity index (χ3v) is 3.37. The number of halogens is 2. The zero-order valence-corrected chi connectivity index (χ0v) is 9.64. The smallest absolute Gasteiger partial charge is 0.355 e. The standard InChI is InChI=1S/C13H9F2NO3/c14-8-4-7(5-9(15)6-8)11-10-2-1-3-13(10,12(17)18)19-16-11/h1,3-6,10H,2H2,(H,17,18). The van der Waals surface area contributed by atoms with E-state index in [1.165, 1.54) is 6.08 Å². The maximum absolute atomic E-state index is 13.2. The Morgan fingerprint density at radius 2 is 2.05 bits per heavy atom. The number of benzene rings is 1. The van der Waals surface area contributed by atoms with Crippen LogP contribution in [0.15, 0.2) is 35.5 Å². The summed E-state index contributed by atoms with van der Waals surface area (Å²) < 4.78 is 26.4. The lowest BCUT2D eigenvalue weighted by Gasteiger charge is -2.20. The van der Waals surface area contributed by atoms with Crippen molar-refractivity contribution >= 4 is 11.7 Å². The van der Waals surface area contributed by atoms with Gasteiger partial charge in [0.05, 0.1) is 11.6 Å². The van der Waals surface area contributed by atoms with Crippen molar-refractivity contribution in [1.29, 1.82) is 0 Å². The lowest BCUT2D eigenvalue weighted by Crippen LogP contribution is -2.42. The number of carbonyl (C=O) groups is 1. The summed E-state index contributed by atoms with van der Waals surface area (Å²) in [6.45, 7) is 0. The molecular formula is C13H9F2NO3. The Labute approximate surface area is 107 Å². The molecule has 2 unspecified atom stereocenters. The van der Waals surface area contributed by atoms with E-state index in [0.717, 1.165) is 18.2 Å². The number of carboxylic acid groups (broad SMARTS) is 1. The van der Waals surface area contributed by atoms with E-state index in [9.17, 15) is 18.7 Å².